The van der Waals surface area contributed by atoms with Crippen molar-refractivity contribution < 1.29 is 4.92 Å². The number of hydrogen-bond acceptors (Lipinski definition) is 7. The first-order valence-electron chi connectivity index (χ1n) is 4.86. The number of aromatic nitrogens is 4. The van der Waals surface area contributed by atoms with Crippen LogP contribution in [0.3, 0.4) is 0 Å². The molecule has 0 aliphatic heterocycles. The van der Waals surface area contributed by atoms with Crippen molar-refractivity contribution in [3.8, 4) is 6.07 Å². The fourth-order valence-corrected chi connectivity index (χ4v) is 1.40. The number of anilines is 1. The SMILES string of the molecule is N#Cc1cccc(NCc2nn[nH]n2)c1[N+](=O)[O-]. The van der Waals surface area contributed by atoms with Crippen LogP contribution in [0, 0.1) is 21.4 Å². The van der Waals surface area contributed by atoms with Crippen molar-refractivity contribution >= 4 is 11.4 Å². The van der Waals surface area contributed by atoms with Crippen molar-refractivity contribution in [3.63, 3.8) is 0 Å². The number of tetrazole rings is 1. The van der Waals surface area contributed by atoms with Crippen LogP contribution < -0.4 is 5.32 Å². The molecular weight excluding hydrogens is 238 g/mol. The van der Waals surface area contributed by atoms with E-state index >= 15 is 0 Å². The molecule has 2 aromatic rings. The maximum absolute atomic E-state index is 10.9. The fourth-order valence-electron chi connectivity index (χ4n) is 1.40. The average molecular weight is 245 g/mol. The Bertz CT molecular complexity index is 602. The second-order valence-electron chi connectivity index (χ2n) is 3.25. The smallest absolute Gasteiger partial charge is 0.309 e. The van der Waals surface area contributed by atoms with Gasteiger partial charge in [0.15, 0.2) is 5.82 Å². The van der Waals surface area contributed by atoms with Crippen LogP contribution in [0.4, 0.5) is 11.4 Å². The summed E-state index contributed by atoms with van der Waals surface area (Å²) in [5.41, 5.74) is -0.0227. The Hall–Kier alpha value is -3.02. The molecule has 0 amide bonds. The fraction of sp³-hybridized carbons (Fsp3) is 0.111. The van der Waals surface area contributed by atoms with E-state index in [4.69, 9.17) is 5.26 Å². The molecular formula is C9H7N7O2. The number of H-pyrrole nitrogens is 1. The van der Waals surface area contributed by atoms with E-state index in [0.717, 1.165) is 0 Å². The molecule has 0 fully saturated rings. The molecule has 0 saturated heterocycles. The lowest BCUT2D eigenvalue weighted by molar-refractivity contribution is -0.384. The van der Waals surface area contributed by atoms with E-state index in [2.05, 4.69) is 25.9 Å². The second kappa shape index (κ2) is 4.88. The summed E-state index contributed by atoms with van der Waals surface area (Å²) < 4.78 is 0. The quantitative estimate of drug-likeness (QED) is 0.594. The number of nitro groups is 1. The van der Waals surface area contributed by atoms with Gasteiger partial charge in [0.2, 0.25) is 0 Å². The molecule has 2 N–H and O–H groups in total. The van der Waals surface area contributed by atoms with Gasteiger partial charge < -0.3 is 5.32 Å². The van der Waals surface area contributed by atoms with E-state index in [1.54, 1.807) is 12.1 Å². The number of nitrogens with one attached hydrogen (secondary N) is 2. The van der Waals surface area contributed by atoms with Crippen LogP contribution in [0.2, 0.25) is 0 Å². The standard InChI is InChI=1S/C9H7N7O2/c10-4-6-2-1-3-7(9(6)16(17)18)11-5-8-12-14-15-13-8/h1-3,11H,5H2,(H,12,13,14,15). The molecule has 0 unspecified atom stereocenters. The molecule has 0 spiro atoms. The molecule has 1 aromatic carbocycles. The number of hydrogen-bond donors (Lipinski definition) is 2. The van der Waals surface area contributed by atoms with Crippen LogP contribution in [0.5, 0.6) is 0 Å². The van der Waals surface area contributed by atoms with Gasteiger partial charge in [-0.1, -0.05) is 11.3 Å². The third-order valence-corrected chi connectivity index (χ3v) is 2.17. The van der Waals surface area contributed by atoms with Gasteiger partial charge in [-0.15, -0.1) is 10.2 Å². The number of aromatic amines is 1. The number of rotatable bonds is 4. The molecule has 90 valence electrons. The summed E-state index contributed by atoms with van der Waals surface area (Å²) in [7, 11) is 0. The largest absolute Gasteiger partial charge is 0.372 e. The Labute approximate surface area is 101 Å². The number of nitro benzene ring substituents is 1. The lowest BCUT2D eigenvalue weighted by atomic mass is 10.1. The Balaban J connectivity index is 2.27. The third-order valence-electron chi connectivity index (χ3n) is 2.17. The summed E-state index contributed by atoms with van der Waals surface area (Å²) in [4.78, 5) is 10.3. The summed E-state index contributed by atoms with van der Waals surface area (Å²) in [5, 5.41) is 35.6. The minimum absolute atomic E-state index is 0.00175. The maximum atomic E-state index is 10.9. The Morgan fingerprint density at radius 2 is 2.39 bits per heavy atom. The molecule has 1 aromatic heterocycles. The van der Waals surface area contributed by atoms with Gasteiger partial charge in [-0.3, -0.25) is 10.1 Å². The zero-order valence-electron chi connectivity index (χ0n) is 8.99. The lowest BCUT2D eigenvalue weighted by Crippen LogP contribution is -2.05. The van der Waals surface area contributed by atoms with E-state index in [1.807, 2.05) is 0 Å². The highest BCUT2D eigenvalue weighted by Crippen LogP contribution is 2.28. The maximum Gasteiger partial charge on any atom is 0.309 e. The highest BCUT2D eigenvalue weighted by atomic mass is 16.6. The molecule has 0 atom stereocenters. The predicted molar refractivity (Wildman–Crippen MR) is 59.3 cm³/mol. The van der Waals surface area contributed by atoms with Crippen molar-refractivity contribution in [2.24, 2.45) is 0 Å². The van der Waals surface area contributed by atoms with Gasteiger partial charge in [-0.25, -0.2) is 0 Å². The summed E-state index contributed by atoms with van der Waals surface area (Å²) >= 11 is 0. The number of nitrogens with zero attached hydrogens (tertiary/aromatic N) is 5. The molecule has 0 aliphatic carbocycles. The minimum atomic E-state index is -0.600. The number of para-hydroxylation sites is 1. The van der Waals surface area contributed by atoms with Crippen molar-refractivity contribution in [1.29, 1.82) is 5.26 Å². The van der Waals surface area contributed by atoms with E-state index in [-0.39, 0.29) is 23.5 Å². The van der Waals surface area contributed by atoms with Crippen molar-refractivity contribution in [3.05, 3.63) is 39.7 Å². The monoisotopic (exact) mass is 245 g/mol. The molecule has 0 aliphatic rings. The normalized spacial score (nSPS) is 9.72. The Morgan fingerprint density at radius 3 is 3.00 bits per heavy atom. The van der Waals surface area contributed by atoms with Crippen LogP contribution in [0.1, 0.15) is 11.4 Å². The Kier molecular flexibility index (Phi) is 3.11. The highest BCUT2D eigenvalue weighted by molar-refractivity contribution is 5.68. The van der Waals surface area contributed by atoms with E-state index in [0.29, 0.717) is 5.82 Å². The van der Waals surface area contributed by atoms with E-state index in [1.165, 1.54) is 12.1 Å². The summed E-state index contributed by atoms with van der Waals surface area (Å²) in [6.07, 6.45) is 0. The summed E-state index contributed by atoms with van der Waals surface area (Å²) in [6.45, 7) is 0.173. The predicted octanol–water partition coefficient (Wildman–Crippen LogP) is 0.592. The molecule has 0 radical (unpaired) electrons. The number of benzene rings is 1. The second-order valence-corrected chi connectivity index (χ2v) is 3.25. The van der Waals surface area contributed by atoms with Crippen molar-refractivity contribution in [2.75, 3.05) is 5.32 Å². The first-order chi connectivity index (χ1) is 8.72. The van der Waals surface area contributed by atoms with Gasteiger partial charge in [0.25, 0.3) is 0 Å². The van der Waals surface area contributed by atoms with Gasteiger partial charge in [0, 0.05) is 0 Å². The van der Waals surface area contributed by atoms with Crippen LogP contribution in [0.25, 0.3) is 0 Å². The first-order valence-corrected chi connectivity index (χ1v) is 4.86. The molecule has 9 heteroatoms. The molecule has 9 nitrogen and oxygen atoms in total. The van der Waals surface area contributed by atoms with Crippen molar-refractivity contribution in [2.45, 2.75) is 6.54 Å². The molecule has 0 bridgehead atoms. The van der Waals surface area contributed by atoms with Crippen LogP contribution in [-0.4, -0.2) is 25.5 Å². The zero-order valence-corrected chi connectivity index (χ0v) is 8.99. The number of nitriles is 1. The molecule has 18 heavy (non-hydrogen) atoms. The molecule has 2 rings (SSSR count). The van der Waals surface area contributed by atoms with Gasteiger partial charge >= 0.3 is 5.69 Å². The summed E-state index contributed by atoms with van der Waals surface area (Å²) in [5.74, 6) is 0.367. The van der Waals surface area contributed by atoms with E-state index in [9.17, 15) is 10.1 Å². The molecule has 1 heterocycles. The highest BCUT2D eigenvalue weighted by Gasteiger charge is 2.19. The van der Waals surface area contributed by atoms with Gasteiger partial charge in [-0.05, 0) is 12.1 Å². The van der Waals surface area contributed by atoms with Gasteiger partial charge in [0.05, 0.1) is 11.5 Å². The van der Waals surface area contributed by atoms with Crippen LogP contribution >= 0.6 is 0 Å². The van der Waals surface area contributed by atoms with Crippen molar-refractivity contribution in [1.82, 2.24) is 20.6 Å². The zero-order chi connectivity index (χ0) is 13.0. The summed E-state index contributed by atoms with van der Waals surface area (Å²) in [6, 6.07) is 6.24. The van der Waals surface area contributed by atoms with E-state index < -0.39 is 4.92 Å². The van der Waals surface area contributed by atoms with Gasteiger partial charge in [-0.2, -0.15) is 10.5 Å². The molecule has 0 saturated carbocycles. The first kappa shape index (κ1) is 11.5. The van der Waals surface area contributed by atoms with Crippen LogP contribution in [-0.2, 0) is 6.54 Å². The Morgan fingerprint density at radius 1 is 1.56 bits per heavy atom. The average Bonchev–Trinajstić information content (AvgIpc) is 2.88. The third kappa shape index (κ3) is 2.22. The lowest BCUT2D eigenvalue weighted by Gasteiger charge is -2.05. The van der Waals surface area contributed by atoms with Gasteiger partial charge in [0.1, 0.15) is 17.3 Å². The van der Waals surface area contributed by atoms with Crippen LogP contribution in [0.15, 0.2) is 18.2 Å². The minimum Gasteiger partial charge on any atom is -0.372 e. The topological polar surface area (TPSA) is 133 Å².